The number of fused-ring (bicyclic) bond motifs is 1. The largest absolute Gasteiger partial charge is 0.367 e. The molecule has 0 radical (unpaired) electrons. The normalized spacial score (nSPS) is 15.0. The van der Waals surface area contributed by atoms with E-state index in [0.29, 0.717) is 6.54 Å². The lowest BCUT2D eigenvalue weighted by atomic mass is 10.1. The Balaban J connectivity index is 1.40. The summed E-state index contributed by atoms with van der Waals surface area (Å²) in [7, 11) is 0. The summed E-state index contributed by atoms with van der Waals surface area (Å²) in [6.45, 7) is 8.06. The molecule has 0 spiro atoms. The Morgan fingerprint density at radius 2 is 1.83 bits per heavy atom. The number of piperazine rings is 1. The fourth-order valence-electron chi connectivity index (χ4n) is 3.96. The summed E-state index contributed by atoms with van der Waals surface area (Å²) in [6, 6.07) is 16.3. The van der Waals surface area contributed by atoms with Crippen LogP contribution in [0.2, 0.25) is 0 Å². The molecule has 4 rings (SSSR count). The molecule has 0 bridgehead atoms. The number of para-hydroxylation sites is 1. The van der Waals surface area contributed by atoms with Gasteiger partial charge in [-0.1, -0.05) is 43.3 Å². The lowest BCUT2D eigenvalue weighted by Gasteiger charge is -2.35. The molecule has 0 aliphatic carbocycles. The molecule has 1 amide bonds. The van der Waals surface area contributed by atoms with Crippen molar-refractivity contribution in [2.75, 3.05) is 44.2 Å². The number of rotatable bonds is 6. The summed E-state index contributed by atoms with van der Waals surface area (Å²) in [6.07, 6.45) is 3.51. The number of aryl methyl sites for hydroxylation is 1. The number of anilines is 1. The Bertz CT molecular complexity index is 944. The minimum atomic E-state index is -0.117. The first-order chi connectivity index (χ1) is 14.3. The Morgan fingerprint density at radius 3 is 2.59 bits per heavy atom. The zero-order valence-electron chi connectivity index (χ0n) is 17.1. The zero-order valence-corrected chi connectivity index (χ0v) is 17.1. The molecule has 1 N–H and O–H groups in total. The van der Waals surface area contributed by atoms with Gasteiger partial charge in [-0.2, -0.15) is 0 Å². The van der Waals surface area contributed by atoms with Crippen LogP contribution in [0.5, 0.6) is 0 Å². The summed E-state index contributed by atoms with van der Waals surface area (Å²) in [5, 5.41) is 3.02. The van der Waals surface area contributed by atoms with E-state index in [4.69, 9.17) is 0 Å². The third-order valence-corrected chi connectivity index (χ3v) is 5.70. The van der Waals surface area contributed by atoms with Crippen LogP contribution in [0, 0.1) is 0 Å². The Morgan fingerprint density at radius 1 is 1.03 bits per heavy atom. The van der Waals surface area contributed by atoms with Crippen LogP contribution in [0.3, 0.4) is 0 Å². The van der Waals surface area contributed by atoms with Gasteiger partial charge in [-0.25, -0.2) is 9.78 Å². The molecular formula is C23H29N5O. The van der Waals surface area contributed by atoms with Crippen LogP contribution in [0.4, 0.5) is 10.5 Å². The van der Waals surface area contributed by atoms with Crippen LogP contribution in [-0.2, 0) is 6.42 Å². The second-order valence-corrected chi connectivity index (χ2v) is 7.50. The van der Waals surface area contributed by atoms with Gasteiger partial charge in [0.1, 0.15) is 11.8 Å². The van der Waals surface area contributed by atoms with Crippen LogP contribution >= 0.6 is 0 Å². The van der Waals surface area contributed by atoms with Crippen molar-refractivity contribution in [3.05, 3.63) is 60.4 Å². The van der Waals surface area contributed by atoms with Crippen LogP contribution in [0.15, 0.2) is 54.9 Å². The van der Waals surface area contributed by atoms with E-state index < -0.39 is 0 Å². The molecule has 1 saturated heterocycles. The van der Waals surface area contributed by atoms with Gasteiger partial charge in [0.2, 0.25) is 0 Å². The standard InChI is InChI=1S/C23H29N5O/c1-2-26-14-16-27(17-15-26)20-11-6-12-21-22(20)25-18-28(21)23(29)24-13-7-10-19-8-4-3-5-9-19/h3-6,8-9,11-12,18H,2,7,10,13-17H2,1H3,(H,24,29). The van der Waals surface area contributed by atoms with Gasteiger partial charge in [0, 0.05) is 32.7 Å². The summed E-state index contributed by atoms with van der Waals surface area (Å²) in [4.78, 5) is 22.1. The molecule has 0 unspecified atom stereocenters. The summed E-state index contributed by atoms with van der Waals surface area (Å²) in [5.74, 6) is 0. The number of hydrogen-bond donors (Lipinski definition) is 1. The van der Waals surface area contributed by atoms with Crippen molar-refractivity contribution in [1.29, 1.82) is 0 Å². The number of amides is 1. The maximum atomic E-state index is 12.7. The second-order valence-electron chi connectivity index (χ2n) is 7.50. The highest BCUT2D eigenvalue weighted by atomic mass is 16.2. The molecule has 6 heteroatoms. The van der Waals surface area contributed by atoms with Crippen LogP contribution in [0.1, 0.15) is 18.9 Å². The Hall–Kier alpha value is -2.86. The van der Waals surface area contributed by atoms with E-state index >= 15 is 0 Å². The third kappa shape index (κ3) is 4.43. The van der Waals surface area contributed by atoms with E-state index in [1.807, 2.05) is 30.3 Å². The van der Waals surface area contributed by atoms with E-state index in [1.165, 1.54) is 5.56 Å². The average Bonchev–Trinajstić information content (AvgIpc) is 3.22. The molecule has 2 heterocycles. The molecule has 0 saturated carbocycles. The maximum absolute atomic E-state index is 12.7. The highest BCUT2D eigenvalue weighted by Crippen LogP contribution is 2.26. The maximum Gasteiger partial charge on any atom is 0.327 e. The lowest BCUT2D eigenvalue weighted by Crippen LogP contribution is -2.46. The zero-order chi connectivity index (χ0) is 20.1. The van der Waals surface area contributed by atoms with Gasteiger partial charge in [-0.3, -0.25) is 4.57 Å². The average molecular weight is 392 g/mol. The fraction of sp³-hybridized carbons (Fsp3) is 0.391. The van der Waals surface area contributed by atoms with E-state index in [2.05, 4.69) is 45.2 Å². The van der Waals surface area contributed by atoms with Crippen molar-refractivity contribution in [2.45, 2.75) is 19.8 Å². The highest BCUT2D eigenvalue weighted by Gasteiger charge is 2.20. The quantitative estimate of drug-likeness (QED) is 0.655. The number of likely N-dealkylation sites (N-methyl/N-ethyl adjacent to an activating group) is 1. The summed E-state index contributed by atoms with van der Waals surface area (Å²) < 4.78 is 1.63. The Kier molecular flexibility index (Phi) is 6.10. The molecular weight excluding hydrogens is 362 g/mol. The second kappa shape index (κ2) is 9.09. The van der Waals surface area contributed by atoms with Gasteiger partial charge < -0.3 is 15.1 Å². The first-order valence-corrected chi connectivity index (χ1v) is 10.5. The first-order valence-electron chi connectivity index (χ1n) is 10.5. The summed E-state index contributed by atoms with van der Waals surface area (Å²) >= 11 is 0. The molecule has 0 atom stereocenters. The number of benzene rings is 2. The number of nitrogens with one attached hydrogen (secondary N) is 1. The smallest absolute Gasteiger partial charge is 0.327 e. The van der Waals surface area contributed by atoms with Crippen molar-refractivity contribution >= 4 is 22.8 Å². The number of carbonyl (C=O) groups is 1. The van der Waals surface area contributed by atoms with Crippen LogP contribution < -0.4 is 10.2 Å². The molecule has 1 aliphatic heterocycles. The van der Waals surface area contributed by atoms with E-state index in [-0.39, 0.29) is 6.03 Å². The SMILES string of the molecule is CCN1CCN(c2cccc3c2ncn3C(=O)NCCCc2ccccc2)CC1. The molecule has 1 aromatic heterocycles. The van der Waals surface area contributed by atoms with Gasteiger partial charge in [-0.05, 0) is 37.1 Å². The van der Waals surface area contributed by atoms with E-state index in [1.54, 1.807) is 10.9 Å². The molecule has 1 aliphatic rings. The molecule has 152 valence electrons. The van der Waals surface area contributed by atoms with Crippen molar-refractivity contribution in [3.8, 4) is 0 Å². The summed E-state index contributed by atoms with van der Waals surface area (Å²) in [5.41, 5.74) is 4.18. The number of carbonyl (C=O) groups excluding carboxylic acids is 1. The van der Waals surface area contributed by atoms with Gasteiger partial charge in [0.05, 0.1) is 11.2 Å². The molecule has 6 nitrogen and oxygen atoms in total. The van der Waals surface area contributed by atoms with E-state index in [0.717, 1.165) is 62.3 Å². The van der Waals surface area contributed by atoms with Crippen LogP contribution in [0.25, 0.3) is 11.0 Å². The van der Waals surface area contributed by atoms with Crippen molar-refractivity contribution < 1.29 is 4.79 Å². The molecule has 29 heavy (non-hydrogen) atoms. The Labute approximate surface area is 172 Å². The van der Waals surface area contributed by atoms with Gasteiger partial charge in [0.25, 0.3) is 0 Å². The van der Waals surface area contributed by atoms with Crippen molar-refractivity contribution in [1.82, 2.24) is 19.8 Å². The van der Waals surface area contributed by atoms with Crippen molar-refractivity contribution in [2.24, 2.45) is 0 Å². The number of aromatic nitrogens is 2. The van der Waals surface area contributed by atoms with Gasteiger partial charge in [0.15, 0.2) is 0 Å². The predicted octanol–water partition coefficient (Wildman–Crippen LogP) is 3.37. The molecule has 3 aromatic rings. The molecule has 1 fully saturated rings. The fourth-order valence-corrected chi connectivity index (χ4v) is 3.96. The topological polar surface area (TPSA) is 53.4 Å². The van der Waals surface area contributed by atoms with Crippen molar-refractivity contribution in [3.63, 3.8) is 0 Å². The minimum absolute atomic E-state index is 0.117. The van der Waals surface area contributed by atoms with Crippen LogP contribution in [-0.4, -0.2) is 59.8 Å². The molecule has 2 aromatic carbocycles. The number of imidazole rings is 1. The minimum Gasteiger partial charge on any atom is -0.367 e. The number of hydrogen-bond acceptors (Lipinski definition) is 4. The third-order valence-electron chi connectivity index (χ3n) is 5.70. The van der Waals surface area contributed by atoms with Gasteiger partial charge in [-0.15, -0.1) is 0 Å². The van der Waals surface area contributed by atoms with Gasteiger partial charge >= 0.3 is 6.03 Å². The number of nitrogens with zero attached hydrogens (tertiary/aromatic N) is 4. The van der Waals surface area contributed by atoms with E-state index in [9.17, 15) is 4.79 Å². The highest BCUT2D eigenvalue weighted by molar-refractivity contribution is 5.95. The monoisotopic (exact) mass is 391 g/mol. The lowest BCUT2D eigenvalue weighted by molar-refractivity contribution is 0.243. The predicted molar refractivity (Wildman–Crippen MR) is 118 cm³/mol. The first kappa shape index (κ1) is 19.5.